The van der Waals surface area contributed by atoms with Gasteiger partial charge in [-0.15, -0.1) is 12.4 Å². The Kier molecular flexibility index (Phi) is 5.87. The molecule has 0 fully saturated rings. The summed E-state index contributed by atoms with van der Waals surface area (Å²) in [5, 5.41) is 8.61. The van der Waals surface area contributed by atoms with Crippen molar-refractivity contribution in [2.75, 3.05) is 6.61 Å². The number of aliphatic hydroxyl groups excluding tert-OH is 1. The Balaban J connectivity index is 0.00000256. The van der Waals surface area contributed by atoms with E-state index in [1.165, 1.54) is 6.07 Å². The maximum Gasteiger partial charge on any atom is 0.419 e. The second kappa shape index (κ2) is 6.18. The number of rotatable bonds is 3. The van der Waals surface area contributed by atoms with Gasteiger partial charge in [0.15, 0.2) is 0 Å². The topological polar surface area (TPSA) is 46.2 Å². The van der Waals surface area contributed by atoms with Crippen molar-refractivity contribution in [3.8, 4) is 0 Å². The largest absolute Gasteiger partial charge is 0.419 e. The van der Waals surface area contributed by atoms with Gasteiger partial charge >= 0.3 is 6.18 Å². The van der Waals surface area contributed by atoms with Gasteiger partial charge in [-0.2, -0.15) is 13.2 Å². The molecule has 0 aliphatic carbocycles. The first-order chi connectivity index (χ1) is 7.36. The first-order valence-corrected chi connectivity index (χ1v) is 4.59. The van der Waals surface area contributed by atoms with Crippen LogP contribution in [-0.4, -0.2) is 11.7 Å². The molecule has 0 amide bonds. The predicted molar refractivity (Wildman–Crippen MR) is 57.3 cm³/mol. The third kappa shape index (κ3) is 4.14. The van der Waals surface area contributed by atoms with Crippen molar-refractivity contribution in [3.63, 3.8) is 0 Å². The fourth-order valence-corrected chi connectivity index (χ4v) is 1.30. The van der Waals surface area contributed by atoms with Crippen LogP contribution in [0.1, 0.15) is 23.6 Å². The predicted octanol–water partition coefficient (Wildman–Crippen LogP) is 2.65. The van der Waals surface area contributed by atoms with E-state index in [-0.39, 0.29) is 31.0 Å². The second-order valence-corrected chi connectivity index (χ2v) is 3.36. The summed E-state index contributed by atoms with van der Waals surface area (Å²) in [7, 11) is 0. The average Bonchev–Trinajstić information content (AvgIpc) is 2.16. The number of benzene rings is 1. The first kappa shape index (κ1) is 16.1. The van der Waals surface area contributed by atoms with Crippen molar-refractivity contribution in [1.82, 2.24) is 0 Å². The molecule has 0 bridgehead atoms. The van der Waals surface area contributed by atoms with Crippen molar-refractivity contribution in [2.45, 2.75) is 18.6 Å². The Morgan fingerprint density at radius 3 is 2.35 bits per heavy atom. The summed E-state index contributed by atoms with van der Waals surface area (Å²) in [5.41, 5.74) is 4.34. The smallest absolute Gasteiger partial charge is 0.396 e. The maximum absolute atomic E-state index is 12.9. The molecule has 1 rings (SSSR count). The van der Waals surface area contributed by atoms with Gasteiger partial charge in [0.1, 0.15) is 5.82 Å². The molecule has 0 heterocycles. The van der Waals surface area contributed by atoms with Crippen molar-refractivity contribution in [3.05, 3.63) is 35.1 Å². The highest BCUT2D eigenvalue weighted by Crippen LogP contribution is 2.33. The molecule has 1 aromatic carbocycles. The number of aliphatic hydroxyl groups is 1. The van der Waals surface area contributed by atoms with E-state index in [1.807, 2.05) is 0 Å². The summed E-state index contributed by atoms with van der Waals surface area (Å²) in [6.07, 6.45) is -4.61. The van der Waals surface area contributed by atoms with E-state index in [0.717, 1.165) is 6.07 Å². The average molecular weight is 274 g/mol. The van der Waals surface area contributed by atoms with Crippen LogP contribution in [0.5, 0.6) is 0 Å². The van der Waals surface area contributed by atoms with Crippen LogP contribution in [0.4, 0.5) is 17.6 Å². The van der Waals surface area contributed by atoms with E-state index in [0.29, 0.717) is 6.07 Å². The molecule has 0 spiro atoms. The van der Waals surface area contributed by atoms with Gasteiger partial charge in [-0.3, -0.25) is 0 Å². The molecule has 0 aliphatic heterocycles. The zero-order chi connectivity index (χ0) is 12.3. The van der Waals surface area contributed by atoms with E-state index in [2.05, 4.69) is 0 Å². The fraction of sp³-hybridized carbons (Fsp3) is 0.400. The molecule has 0 radical (unpaired) electrons. The lowest BCUT2D eigenvalue weighted by Gasteiger charge is -2.14. The Morgan fingerprint density at radius 1 is 1.29 bits per heavy atom. The summed E-state index contributed by atoms with van der Waals surface area (Å²) in [5.74, 6) is -1.33. The molecule has 0 unspecified atom stereocenters. The van der Waals surface area contributed by atoms with Crippen molar-refractivity contribution in [2.24, 2.45) is 5.73 Å². The number of nitrogens with two attached hydrogens (primary N) is 1. The van der Waals surface area contributed by atoms with E-state index in [4.69, 9.17) is 10.8 Å². The molecule has 0 aromatic heterocycles. The number of hydrogen-bond acceptors (Lipinski definition) is 2. The fourth-order valence-electron chi connectivity index (χ4n) is 1.30. The van der Waals surface area contributed by atoms with Gasteiger partial charge in [0.05, 0.1) is 5.56 Å². The van der Waals surface area contributed by atoms with Crippen molar-refractivity contribution in [1.29, 1.82) is 0 Å². The van der Waals surface area contributed by atoms with Gasteiger partial charge in [-0.05, 0) is 24.1 Å². The van der Waals surface area contributed by atoms with E-state index in [9.17, 15) is 17.6 Å². The standard InChI is InChI=1S/C10H11F4NO.ClH/c11-8-2-1-6(9(15)3-4-16)5-7(8)10(12,13)14;/h1-2,5,9,16H,3-4,15H2;1H/t9-;/m0./s1. The van der Waals surface area contributed by atoms with Crippen LogP contribution in [0, 0.1) is 5.82 Å². The van der Waals surface area contributed by atoms with Crippen LogP contribution < -0.4 is 5.73 Å². The molecule has 0 aliphatic rings. The Hall–Kier alpha value is -0.850. The van der Waals surface area contributed by atoms with Crippen LogP contribution in [0.2, 0.25) is 0 Å². The van der Waals surface area contributed by atoms with Gasteiger partial charge in [0.2, 0.25) is 0 Å². The van der Waals surface area contributed by atoms with Gasteiger partial charge in [0.25, 0.3) is 0 Å². The summed E-state index contributed by atoms with van der Waals surface area (Å²) in [6.45, 7) is -0.236. The van der Waals surface area contributed by atoms with Crippen LogP contribution in [0.25, 0.3) is 0 Å². The number of hydrogen-bond donors (Lipinski definition) is 2. The van der Waals surface area contributed by atoms with Gasteiger partial charge in [-0.1, -0.05) is 6.07 Å². The molecule has 0 saturated carbocycles. The minimum absolute atomic E-state index is 0. The Bertz CT molecular complexity index is 370. The Labute approximate surface area is 102 Å². The molecular weight excluding hydrogens is 262 g/mol. The lowest BCUT2D eigenvalue weighted by molar-refractivity contribution is -0.140. The van der Waals surface area contributed by atoms with Gasteiger partial charge < -0.3 is 10.8 Å². The van der Waals surface area contributed by atoms with Crippen LogP contribution in [0.15, 0.2) is 18.2 Å². The van der Waals surface area contributed by atoms with Crippen molar-refractivity contribution < 1.29 is 22.7 Å². The first-order valence-electron chi connectivity index (χ1n) is 4.59. The summed E-state index contributed by atoms with van der Waals surface area (Å²) in [4.78, 5) is 0. The molecule has 1 aromatic rings. The molecule has 98 valence electrons. The van der Waals surface area contributed by atoms with E-state index in [1.54, 1.807) is 0 Å². The minimum Gasteiger partial charge on any atom is -0.396 e. The SMILES string of the molecule is Cl.N[C@@H](CCO)c1ccc(F)c(C(F)(F)F)c1. The van der Waals surface area contributed by atoms with Gasteiger partial charge in [-0.25, -0.2) is 4.39 Å². The number of halogens is 5. The normalized spacial score (nSPS) is 13.1. The number of alkyl halides is 3. The van der Waals surface area contributed by atoms with E-state index < -0.39 is 23.6 Å². The van der Waals surface area contributed by atoms with Crippen LogP contribution in [-0.2, 0) is 6.18 Å². The molecule has 2 nitrogen and oxygen atoms in total. The molecular formula is C10H12ClF4NO. The second-order valence-electron chi connectivity index (χ2n) is 3.36. The zero-order valence-corrected chi connectivity index (χ0v) is 9.48. The molecule has 17 heavy (non-hydrogen) atoms. The molecule has 7 heteroatoms. The third-order valence-corrected chi connectivity index (χ3v) is 2.16. The minimum atomic E-state index is -4.74. The summed E-state index contributed by atoms with van der Waals surface area (Å²) < 4.78 is 49.9. The highest BCUT2D eigenvalue weighted by atomic mass is 35.5. The van der Waals surface area contributed by atoms with E-state index >= 15 is 0 Å². The Morgan fingerprint density at radius 2 is 1.88 bits per heavy atom. The quantitative estimate of drug-likeness (QED) is 0.832. The molecule has 0 saturated heterocycles. The monoisotopic (exact) mass is 273 g/mol. The highest BCUT2D eigenvalue weighted by Gasteiger charge is 2.34. The summed E-state index contributed by atoms with van der Waals surface area (Å²) in [6, 6.07) is 1.86. The van der Waals surface area contributed by atoms with Crippen LogP contribution >= 0.6 is 12.4 Å². The van der Waals surface area contributed by atoms with Crippen LogP contribution in [0.3, 0.4) is 0 Å². The van der Waals surface area contributed by atoms with Crippen molar-refractivity contribution >= 4 is 12.4 Å². The summed E-state index contributed by atoms with van der Waals surface area (Å²) >= 11 is 0. The lowest BCUT2D eigenvalue weighted by atomic mass is 10.0. The third-order valence-electron chi connectivity index (χ3n) is 2.16. The lowest BCUT2D eigenvalue weighted by Crippen LogP contribution is -2.15. The maximum atomic E-state index is 12.9. The highest BCUT2D eigenvalue weighted by molar-refractivity contribution is 5.85. The zero-order valence-electron chi connectivity index (χ0n) is 8.67. The molecule has 1 atom stereocenters. The molecule has 3 N–H and O–H groups in total. The van der Waals surface area contributed by atoms with Gasteiger partial charge in [0, 0.05) is 12.6 Å².